The Morgan fingerprint density at radius 3 is 2.45 bits per heavy atom. The summed E-state index contributed by atoms with van der Waals surface area (Å²) in [6.07, 6.45) is 3.45. The van der Waals surface area contributed by atoms with Crippen molar-refractivity contribution in [2.75, 3.05) is 30.0 Å². The molecular weight excluding hydrogens is 416 g/mol. The summed E-state index contributed by atoms with van der Waals surface area (Å²) in [6.45, 7) is 4.79. The minimum absolute atomic E-state index is 0.0504. The molecule has 170 valence electrons. The molecule has 31 heavy (non-hydrogen) atoms. The topological polar surface area (TPSA) is 110 Å². The lowest BCUT2D eigenvalue weighted by atomic mass is 10.2. The Morgan fingerprint density at radius 2 is 1.84 bits per heavy atom. The molecule has 3 N–H and O–H groups in total. The number of benzene rings is 1. The first-order valence-electron chi connectivity index (χ1n) is 10.6. The largest absolute Gasteiger partial charge is 0.497 e. The highest BCUT2D eigenvalue weighted by molar-refractivity contribution is 7.99. The average molecular weight is 449 g/mol. The third-order valence-corrected chi connectivity index (χ3v) is 5.91. The van der Waals surface area contributed by atoms with Crippen molar-refractivity contribution in [1.82, 2.24) is 9.55 Å². The van der Waals surface area contributed by atoms with Gasteiger partial charge in [-0.1, -0.05) is 26.7 Å². The van der Waals surface area contributed by atoms with E-state index in [1.807, 2.05) is 38.1 Å². The van der Waals surface area contributed by atoms with E-state index in [1.165, 1.54) is 9.47 Å². The summed E-state index contributed by atoms with van der Waals surface area (Å²) in [7, 11) is 1.62. The summed E-state index contributed by atoms with van der Waals surface area (Å²) in [5.41, 5.74) is 5.12. The third kappa shape index (κ3) is 6.65. The minimum atomic E-state index is -0.623. The van der Waals surface area contributed by atoms with E-state index in [-0.39, 0.29) is 23.8 Å². The van der Waals surface area contributed by atoms with Crippen LogP contribution in [0.25, 0.3) is 0 Å². The molecule has 1 heterocycles. The van der Waals surface area contributed by atoms with Gasteiger partial charge in [-0.2, -0.15) is 0 Å². The zero-order chi connectivity index (χ0) is 22.8. The number of aromatic amines is 1. The molecule has 0 unspecified atom stereocenters. The molecule has 8 nitrogen and oxygen atoms in total. The number of unbranched alkanes of at least 4 members (excludes halogenated alkanes) is 2. The fourth-order valence-corrected chi connectivity index (χ4v) is 3.96. The molecule has 1 aromatic heterocycles. The number of hydrogen-bond donors (Lipinski definition) is 2. The normalized spacial score (nSPS) is 10.8. The van der Waals surface area contributed by atoms with Crippen molar-refractivity contribution in [2.24, 2.45) is 0 Å². The number of nitrogens with two attached hydrogens (primary N) is 1. The first kappa shape index (κ1) is 24.6. The number of nitrogen functional groups attached to an aromatic ring is 1. The van der Waals surface area contributed by atoms with Crippen molar-refractivity contribution in [3.63, 3.8) is 0 Å². The van der Waals surface area contributed by atoms with E-state index in [2.05, 4.69) is 4.98 Å². The van der Waals surface area contributed by atoms with Crippen LogP contribution in [0.1, 0.15) is 46.0 Å². The van der Waals surface area contributed by atoms with E-state index in [0.717, 1.165) is 36.3 Å². The molecular formula is C22H32N4O4S. The Kier molecular flexibility index (Phi) is 9.71. The van der Waals surface area contributed by atoms with E-state index in [9.17, 15) is 14.4 Å². The third-order valence-electron chi connectivity index (χ3n) is 4.90. The summed E-state index contributed by atoms with van der Waals surface area (Å²) in [4.78, 5) is 42.6. The van der Waals surface area contributed by atoms with Crippen molar-refractivity contribution in [3.8, 4) is 5.75 Å². The lowest BCUT2D eigenvalue weighted by Crippen LogP contribution is -2.41. The van der Waals surface area contributed by atoms with Gasteiger partial charge in [-0.3, -0.25) is 19.1 Å². The fraction of sp³-hybridized carbons (Fsp3) is 0.500. The first-order valence-corrected chi connectivity index (χ1v) is 11.6. The zero-order valence-corrected chi connectivity index (χ0v) is 19.3. The number of nitrogens with one attached hydrogen (secondary N) is 1. The smallest absolute Gasteiger partial charge is 0.330 e. The number of carbonyl (C=O) groups excluding carboxylic acids is 1. The average Bonchev–Trinajstić information content (AvgIpc) is 2.76. The van der Waals surface area contributed by atoms with Gasteiger partial charge in [0, 0.05) is 30.2 Å². The van der Waals surface area contributed by atoms with E-state index in [0.29, 0.717) is 18.8 Å². The molecule has 0 aliphatic rings. The monoisotopic (exact) mass is 448 g/mol. The number of nitrogens with zero attached hydrogens (tertiary/aromatic N) is 2. The van der Waals surface area contributed by atoms with Gasteiger partial charge in [-0.25, -0.2) is 4.79 Å². The number of anilines is 2. The first-order chi connectivity index (χ1) is 14.9. The number of hydrogen-bond acceptors (Lipinski definition) is 6. The predicted molar refractivity (Wildman–Crippen MR) is 126 cm³/mol. The molecule has 0 fully saturated rings. The van der Waals surface area contributed by atoms with Crippen LogP contribution in [0.2, 0.25) is 0 Å². The van der Waals surface area contributed by atoms with Crippen LogP contribution in [0.15, 0.2) is 38.8 Å². The number of rotatable bonds is 12. The van der Waals surface area contributed by atoms with Crippen LogP contribution in [0.3, 0.4) is 0 Å². The number of H-pyrrole nitrogens is 1. The summed E-state index contributed by atoms with van der Waals surface area (Å²) < 4.78 is 6.50. The van der Waals surface area contributed by atoms with Crippen molar-refractivity contribution in [3.05, 3.63) is 45.1 Å². The second kappa shape index (κ2) is 12.2. The molecule has 1 amide bonds. The van der Waals surface area contributed by atoms with Crippen LogP contribution in [-0.2, 0) is 11.3 Å². The van der Waals surface area contributed by atoms with Gasteiger partial charge in [0.25, 0.3) is 5.56 Å². The Labute approximate surface area is 186 Å². The highest BCUT2D eigenvalue weighted by atomic mass is 32.2. The van der Waals surface area contributed by atoms with Crippen molar-refractivity contribution < 1.29 is 9.53 Å². The molecule has 2 aromatic rings. The number of carbonyl (C=O) groups is 1. The van der Waals surface area contributed by atoms with E-state index < -0.39 is 11.2 Å². The van der Waals surface area contributed by atoms with Gasteiger partial charge in [0.05, 0.1) is 7.11 Å². The van der Waals surface area contributed by atoms with Crippen molar-refractivity contribution in [2.45, 2.75) is 57.4 Å². The molecule has 1 aromatic carbocycles. The molecule has 0 saturated carbocycles. The lowest BCUT2D eigenvalue weighted by molar-refractivity contribution is -0.118. The van der Waals surface area contributed by atoms with E-state index >= 15 is 0 Å². The van der Waals surface area contributed by atoms with Crippen LogP contribution in [-0.4, -0.2) is 34.9 Å². The lowest BCUT2D eigenvalue weighted by Gasteiger charge is -2.24. The van der Waals surface area contributed by atoms with Gasteiger partial charge in [-0.05, 0) is 37.1 Å². The second-order valence-corrected chi connectivity index (χ2v) is 8.34. The summed E-state index contributed by atoms with van der Waals surface area (Å²) in [5, 5.41) is 0. The minimum Gasteiger partial charge on any atom is -0.497 e. The molecule has 0 aliphatic heterocycles. The number of aromatic nitrogens is 2. The fourth-order valence-electron chi connectivity index (χ4n) is 3.12. The van der Waals surface area contributed by atoms with Crippen LogP contribution in [0, 0.1) is 0 Å². The number of ether oxygens (including phenoxy) is 1. The van der Waals surface area contributed by atoms with Crippen molar-refractivity contribution in [1.29, 1.82) is 0 Å². The summed E-state index contributed by atoms with van der Waals surface area (Å²) >= 11 is 1.55. The quantitative estimate of drug-likeness (QED) is 0.482. The molecule has 9 heteroatoms. The van der Waals surface area contributed by atoms with E-state index in [1.54, 1.807) is 18.9 Å². The van der Waals surface area contributed by atoms with Crippen LogP contribution < -0.4 is 26.6 Å². The molecule has 0 atom stereocenters. The summed E-state index contributed by atoms with van der Waals surface area (Å²) in [5.74, 6) is 1.20. The predicted octanol–water partition coefficient (Wildman–Crippen LogP) is 3.24. The molecule has 0 spiro atoms. The SMILES string of the molecule is CCCCN(C(=O)CCSc1ccc(OC)cc1)c1c(N)n(CCCC)c(=O)[nH]c1=O. The van der Waals surface area contributed by atoms with Crippen LogP contribution in [0.4, 0.5) is 11.5 Å². The van der Waals surface area contributed by atoms with Crippen LogP contribution in [0.5, 0.6) is 5.75 Å². The highest BCUT2D eigenvalue weighted by Crippen LogP contribution is 2.24. The second-order valence-electron chi connectivity index (χ2n) is 7.17. The zero-order valence-electron chi connectivity index (χ0n) is 18.5. The Hall–Kier alpha value is -2.68. The number of amides is 1. The molecule has 2 rings (SSSR count). The Bertz CT molecular complexity index is 969. The molecule has 0 saturated heterocycles. The van der Waals surface area contributed by atoms with Gasteiger partial charge < -0.3 is 15.4 Å². The maximum Gasteiger partial charge on any atom is 0.330 e. The number of thioether (sulfide) groups is 1. The molecule has 0 bridgehead atoms. The highest BCUT2D eigenvalue weighted by Gasteiger charge is 2.23. The number of methoxy groups -OCH3 is 1. The Morgan fingerprint density at radius 1 is 1.16 bits per heavy atom. The van der Waals surface area contributed by atoms with Crippen molar-refractivity contribution >= 4 is 29.2 Å². The maximum atomic E-state index is 13.1. The molecule has 0 radical (unpaired) electrons. The van der Waals surface area contributed by atoms with Crippen LogP contribution >= 0.6 is 11.8 Å². The standard InChI is InChI=1S/C22H32N4O4S/c1-4-6-13-25(18(27)12-15-31-17-10-8-16(30-3)9-11-17)19-20(23)26(14-7-5-2)22(29)24-21(19)28/h8-11H,4-7,12-15,23H2,1-3H3,(H,24,28,29). The van der Waals surface area contributed by atoms with Gasteiger partial charge >= 0.3 is 5.69 Å². The van der Waals surface area contributed by atoms with Gasteiger partial charge in [0.1, 0.15) is 11.6 Å². The van der Waals surface area contributed by atoms with Gasteiger partial charge in [-0.15, -0.1) is 11.8 Å². The maximum absolute atomic E-state index is 13.1. The van der Waals surface area contributed by atoms with E-state index in [4.69, 9.17) is 10.5 Å². The van der Waals surface area contributed by atoms with Gasteiger partial charge in [0.15, 0.2) is 5.69 Å². The molecule has 0 aliphatic carbocycles. The summed E-state index contributed by atoms with van der Waals surface area (Å²) in [6, 6.07) is 7.62. The van der Waals surface area contributed by atoms with Gasteiger partial charge in [0.2, 0.25) is 5.91 Å². The Balaban J connectivity index is 2.20.